The van der Waals surface area contributed by atoms with Gasteiger partial charge in [0.1, 0.15) is 17.5 Å². The van der Waals surface area contributed by atoms with Crippen molar-refractivity contribution in [3.63, 3.8) is 0 Å². The lowest BCUT2D eigenvalue weighted by Crippen LogP contribution is -2.33. The van der Waals surface area contributed by atoms with Gasteiger partial charge in [0.15, 0.2) is 0 Å². The van der Waals surface area contributed by atoms with E-state index in [-0.39, 0.29) is 18.0 Å². The van der Waals surface area contributed by atoms with Gasteiger partial charge in [0, 0.05) is 28.9 Å². The molecule has 0 spiro atoms. The largest absolute Gasteiger partial charge is 0.497 e. The molecule has 2 aliphatic heterocycles. The molecule has 2 aromatic carbocycles. The highest BCUT2D eigenvalue weighted by Gasteiger charge is 2.56. The quantitative estimate of drug-likeness (QED) is 0.227. The van der Waals surface area contributed by atoms with E-state index in [1.807, 2.05) is 6.07 Å². The van der Waals surface area contributed by atoms with Crippen LogP contribution in [0.25, 0.3) is 0 Å². The third-order valence-corrected chi connectivity index (χ3v) is 10.0. The molecule has 0 radical (unpaired) electrons. The Labute approximate surface area is 259 Å². The maximum Gasteiger partial charge on any atom is 0.338 e. The van der Waals surface area contributed by atoms with Crippen LogP contribution in [0.3, 0.4) is 0 Å². The molecule has 3 amide bonds. The van der Waals surface area contributed by atoms with Gasteiger partial charge in [-0.05, 0) is 67.1 Å². The zero-order valence-corrected chi connectivity index (χ0v) is 25.2. The number of carbonyl (C=O) groups is 4. The molecule has 2 aromatic heterocycles. The Morgan fingerprint density at radius 2 is 1.75 bits per heavy atom. The monoisotopic (exact) mass is 630 g/mol. The molecule has 13 heteroatoms. The highest BCUT2D eigenvalue weighted by molar-refractivity contribution is 8.00. The first-order valence-corrected chi connectivity index (χ1v) is 15.4. The second-order valence-corrected chi connectivity index (χ2v) is 12.1. The normalized spacial score (nSPS) is 18.9. The topological polar surface area (TPSA) is 137 Å². The molecule has 44 heavy (non-hydrogen) atoms. The summed E-state index contributed by atoms with van der Waals surface area (Å²) in [5.41, 5.74) is 1.84. The first-order valence-electron chi connectivity index (χ1n) is 13.7. The van der Waals surface area contributed by atoms with Gasteiger partial charge in [0.05, 0.1) is 35.9 Å². The Hall–Kier alpha value is -4.75. The average Bonchev–Trinajstić information content (AvgIpc) is 3.48. The fourth-order valence-electron chi connectivity index (χ4n) is 5.41. The minimum Gasteiger partial charge on any atom is -0.497 e. The van der Waals surface area contributed by atoms with Gasteiger partial charge in [-0.3, -0.25) is 28.7 Å². The number of ether oxygens (including phenoxy) is 2. The van der Waals surface area contributed by atoms with Crippen LogP contribution in [-0.4, -0.2) is 52.2 Å². The Bertz CT molecular complexity index is 1800. The Balaban J connectivity index is 1.34. The van der Waals surface area contributed by atoms with Crippen molar-refractivity contribution in [2.24, 2.45) is 5.92 Å². The van der Waals surface area contributed by atoms with E-state index in [4.69, 9.17) is 9.47 Å². The second-order valence-electron chi connectivity index (χ2n) is 10.0. The number of rotatable bonds is 8. The molecular weight excluding hydrogens is 604 g/mol. The molecule has 0 saturated carbocycles. The maximum atomic E-state index is 14.0. The van der Waals surface area contributed by atoms with Crippen molar-refractivity contribution in [1.82, 2.24) is 9.55 Å². The van der Waals surface area contributed by atoms with Crippen molar-refractivity contribution >= 4 is 58.2 Å². The Kier molecular flexibility index (Phi) is 8.06. The third kappa shape index (κ3) is 5.28. The fourth-order valence-corrected chi connectivity index (χ4v) is 8.18. The van der Waals surface area contributed by atoms with E-state index in [1.165, 1.54) is 16.7 Å². The van der Waals surface area contributed by atoms with E-state index >= 15 is 0 Å². The first-order chi connectivity index (χ1) is 21.3. The van der Waals surface area contributed by atoms with Crippen LogP contribution in [0.1, 0.15) is 33.6 Å². The number of thiazole rings is 1. The molecule has 2 aliphatic rings. The lowest BCUT2D eigenvalue weighted by Gasteiger charge is -2.30. The van der Waals surface area contributed by atoms with Crippen LogP contribution in [0, 0.1) is 5.92 Å². The van der Waals surface area contributed by atoms with Gasteiger partial charge in [-0.1, -0.05) is 29.2 Å². The minimum absolute atomic E-state index is 0.221. The van der Waals surface area contributed by atoms with Gasteiger partial charge in [-0.25, -0.2) is 9.69 Å². The number of hydrogen-bond acceptors (Lipinski definition) is 10. The molecule has 4 aromatic rings. The number of thioether (sulfide) groups is 1. The number of pyridine rings is 1. The first kappa shape index (κ1) is 29.3. The van der Waals surface area contributed by atoms with E-state index in [0.29, 0.717) is 38.2 Å². The zero-order chi connectivity index (χ0) is 31.0. The van der Waals surface area contributed by atoms with E-state index in [0.717, 1.165) is 28.0 Å². The maximum absolute atomic E-state index is 14.0. The Morgan fingerprint density at radius 1 is 1.00 bits per heavy atom. The molecule has 6 rings (SSSR count). The van der Waals surface area contributed by atoms with E-state index in [2.05, 4.69) is 10.3 Å². The number of nitrogens with zero attached hydrogens (tertiary/aromatic N) is 3. The number of amides is 3. The Morgan fingerprint density at radius 3 is 2.41 bits per heavy atom. The summed E-state index contributed by atoms with van der Waals surface area (Å²) < 4.78 is 11.6. The van der Waals surface area contributed by atoms with Gasteiger partial charge in [-0.15, -0.1) is 0 Å². The fraction of sp³-hybridized carbons (Fsp3) is 0.226. The lowest BCUT2D eigenvalue weighted by molar-refractivity contribution is -0.122. The van der Waals surface area contributed by atoms with Crippen LogP contribution in [0.5, 0.6) is 5.75 Å². The number of methoxy groups -OCH3 is 1. The second kappa shape index (κ2) is 12.1. The summed E-state index contributed by atoms with van der Waals surface area (Å²) in [6.45, 7) is 1.65. The molecule has 224 valence electrons. The van der Waals surface area contributed by atoms with Crippen LogP contribution < -0.4 is 19.8 Å². The number of imide groups is 1. The van der Waals surface area contributed by atoms with Gasteiger partial charge in [-0.2, -0.15) is 0 Å². The molecule has 11 nitrogen and oxygen atoms in total. The lowest BCUT2D eigenvalue weighted by atomic mass is 9.84. The molecule has 3 atom stereocenters. The number of fused-ring (bicyclic) bond motifs is 2. The summed E-state index contributed by atoms with van der Waals surface area (Å²) in [6, 6.07) is 16.5. The predicted octanol–water partition coefficient (Wildman–Crippen LogP) is 3.92. The van der Waals surface area contributed by atoms with Crippen LogP contribution in [-0.2, 0) is 25.7 Å². The summed E-state index contributed by atoms with van der Waals surface area (Å²) in [4.78, 5) is 72.0. The number of benzene rings is 2. The van der Waals surface area contributed by atoms with Crippen LogP contribution in [0.15, 0.2) is 82.9 Å². The summed E-state index contributed by atoms with van der Waals surface area (Å²) in [5, 5.41) is 2.41. The molecule has 0 aliphatic carbocycles. The molecular formula is C31H26N4O7S2. The molecule has 1 N–H and O–H groups in total. The number of esters is 1. The minimum atomic E-state index is -0.852. The summed E-state index contributed by atoms with van der Waals surface area (Å²) in [6.07, 6.45) is 3.23. The van der Waals surface area contributed by atoms with Crippen molar-refractivity contribution < 1.29 is 28.7 Å². The van der Waals surface area contributed by atoms with Crippen molar-refractivity contribution in [3.8, 4) is 5.75 Å². The van der Waals surface area contributed by atoms with Gasteiger partial charge >= 0.3 is 10.8 Å². The zero-order valence-electron chi connectivity index (χ0n) is 23.6. The summed E-state index contributed by atoms with van der Waals surface area (Å²) >= 11 is 2.08. The van der Waals surface area contributed by atoms with Crippen LogP contribution >= 0.6 is 23.1 Å². The van der Waals surface area contributed by atoms with Crippen molar-refractivity contribution in [2.75, 3.05) is 23.9 Å². The van der Waals surface area contributed by atoms with Crippen LogP contribution in [0.2, 0.25) is 0 Å². The van der Waals surface area contributed by atoms with E-state index < -0.39 is 40.8 Å². The standard InChI is InChI=1S/C31H26N4O7S2/c1-3-42-30(39)17-6-10-20(11-7-17)35-27(37)24-23(18-5-4-14-32-15-18)26-29(43-25(24)28(35)38)34(31(40)44-26)16-22(36)33-19-8-12-21(41-2)13-9-19/h4-15,23-25H,3,16H2,1-2H3,(H,33,36)/t23-,24?,25?/m1/s1. The highest BCUT2D eigenvalue weighted by atomic mass is 32.2. The van der Waals surface area contributed by atoms with E-state index in [9.17, 15) is 24.0 Å². The number of carbonyl (C=O) groups excluding carboxylic acids is 4. The molecule has 0 bridgehead atoms. The van der Waals surface area contributed by atoms with Gasteiger partial charge in [0.2, 0.25) is 17.7 Å². The summed E-state index contributed by atoms with van der Waals surface area (Å²) in [7, 11) is 1.55. The van der Waals surface area contributed by atoms with Gasteiger partial charge < -0.3 is 14.8 Å². The smallest absolute Gasteiger partial charge is 0.338 e. The molecule has 2 unspecified atom stereocenters. The van der Waals surface area contributed by atoms with Crippen molar-refractivity contribution in [3.05, 3.63) is 98.7 Å². The van der Waals surface area contributed by atoms with Gasteiger partial charge in [0.25, 0.3) is 0 Å². The summed E-state index contributed by atoms with van der Waals surface area (Å²) in [5.74, 6) is -2.59. The predicted molar refractivity (Wildman–Crippen MR) is 164 cm³/mol. The third-order valence-electron chi connectivity index (χ3n) is 7.40. The van der Waals surface area contributed by atoms with Crippen LogP contribution in [0.4, 0.5) is 11.4 Å². The number of anilines is 2. The molecule has 1 fully saturated rings. The van der Waals surface area contributed by atoms with Crippen molar-refractivity contribution in [1.29, 1.82) is 0 Å². The number of hydrogen-bond donors (Lipinski definition) is 1. The van der Waals surface area contributed by atoms with Crippen molar-refractivity contribution in [2.45, 2.75) is 29.7 Å². The van der Waals surface area contributed by atoms with E-state index in [1.54, 1.807) is 68.9 Å². The number of nitrogens with one attached hydrogen (secondary N) is 1. The highest BCUT2D eigenvalue weighted by Crippen LogP contribution is 2.53. The SMILES string of the molecule is CCOC(=O)c1ccc(N2C(=O)C3Sc4c(sc(=O)n4CC(=O)Nc4ccc(OC)cc4)[C@H](c4cccnc4)C3C2=O)cc1. The number of aromatic nitrogens is 2. The molecule has 1 saturated heterocycles. The average molecular weight is 631 g/mol. The molecule has 4 heterocycles.